The Kier molecular flexibility index (Phi) is 3.76. The normalized spacial score (nSPS) is 26.2. The molecule has 2 aliphatic rings. The molecule has 0 aliphatic carbocycles. The van der Waals surface area contributed by atoms with Gasteiger partial charge in [0.05, 0.1) is 11.4 Å². The number of amides is 1. The topological polar surface area (TPSA) is 49.6 Å². The van der Waals surface area contributed by atoms with E-state index in [2.05, 4.69) is 4.90 Å². The monoisotopic (exact) mass is 241 g/mol. The molecule has 5 heteroatoms. The number of nitrogens with zero attached hydrogens (tertiary/aromatic N) is 2. The molecule has 4 nitrogen and oxygen atoms in total. The van der Waals surface area contributed by atoms with Crippen molar-refractivity contribution in [1.82, 2.24) is 9.80 Å². The summed E-state index contributed by atoms with van der Waals surface area (Å²) in [5, 5.41) is 0. The van der Waals surface area contributed by atoms with E-state index in [9.17, 15) is 4.79 Å². The summed E-state index contributed by atoms with van der Waals surface area (Å²) < 4.78 is 0. The van der Waals surface area contributed by atoms with Crippen LogP contribution in [0.1, 0.15) is 25.7 Å². The second kappa shape index (κ2) is 5.10. The van der Waals surface area contributed by atoms with Crippen LogP contribution in [-0.4, -0.2) is 52.9 Å². The van der Waals surface area contributed by atoms with Gasteiger partial charge in [0.2, 0.25) is 5.91 Å². The van der Waals surface area contributed by atoms with Crippen molar-refractivity contribution in [2.24, 2.45) is 5.73 Å². The van der Waals surface area contributed by atoms with Crippen molar-refractivity contribution in [1.29, 1.82) is 0 Å². The third kappa shape index (κ3) is 2.71. The van der Waals surface area contributed by atoms with Crippen LogP contribution in [-0.2, 0) is 4.79 Å². The van der Waals surface area contributed by atoms with Gasteiger partial charge < -0.3 is 10.6 Å². The van der Waals surface area contributed by atoms with Gasteiger partial charge in [-0.25, -0.2) is 0 Å². The highest BCUT2D eigenvalue weighted by molar-refractivity contribution is 7.80. The molecule has 0 aromatic carbocycles. The van der Waals surface area contributed by atoms with Crippen LogP contribution in [0.15, 0.2) is 0 Å². The van der Waals surface area contributed by atoms with Crippen LogP contribution in [0.3, 0.4) is 0 Å². The minimum Gasteiger partial charge on any atom is -0.393 e. The van der Waals surface area contributed by atoms with Crippen LogP contribution in [0.2, 0.25) is 0 Å². The number of likely N-dealkylation sites (tertiary alicyclic amines) is 2. The van der Waals surface area contributed by atoms with Gasteiger partial charge in [-0.1, -0.05) is 12.2 Å². The Labute approximate surface area is 102 Å². The lowest BCUT2D eigenvalue weighted by molar-refractivity contribution is -0.129. The molecular formula is C11H19N3OS. The number of carbonyl (C=O) groups excluding carboxylic acids is 1. The highest BCUT2D eigenvalue weighted by atomic mass is 32.1. The fourth-order valence-electron chi connectivity index (χ4n) is 2.63. The number of rotatable bonds is 3. The fourth-order valence-corrected chi connectivity index (χ4v) is 2.76. The van der Waals surface area contributed by atoms with Gasteiger partial charge in [0, 0.05) is 19.1 Å². The van der Waals surface area contributed by atoms with Gasteiger partial charge in [-0.15, -0.1) is 0 Å². The summed E-state index contributed by atoms with van der Waals surface area (Å²) in [6, 6.07) is 0.567. The van der Waals surface area contributed by atoms with E-state index in [4.69, 9.17) is 18.0 Å². The van der Waals surface area contributed by atoms with Crippen LogP contribution in [0.25, 0.3) is 0 Å². The van der Waals surface area contributed by atoms with Crippen molar-refractivity contribution in [3.63, 3.8) is 0 Å². The van der Waals surface area contributed by atoms with Crippen molar-refractivity contribution in [3.8, 4) is 0 Å². The number of nitrogens with two attached hydrogens (primary N) is 1. The van der Waals surface area contributed by atoms with Crippen LogP contribution >= 0.6 is 12.2 Å². The first-order valence-corrected chi connectivity index (χ1v) is 6.38. The van der Waals surface area contributed by atoms with Gasteiger partial charge in [0.25, 0.3) is 0 Å². The average molecular weight is 241 g/mol. The zero-order valence-electron chi connectivity index (χ0n) is 9.52. The Morgan fingerprint density at radius 3 is 2.62 bits per heavy atom. The van der Waals surface area contributed by atoms with Gasteiger partial charge in [-0.2, -0.15) is 0 Å². The smallest absolute Gasteiger partial charge is 0.229 e. The zero-order valence-corrected chi connectivity index (χ0v) is 10.3. The average Bonchev–Trinajstić information content (AvgIpc) is 2.87. The molecule has 0 bridgehead atoms. The molecule has 0 aromatic heterocycles. The number of thiocarbonyl (C=S) groups is 1. The molecule has 1 atom stereocenters. The van der Waals surface area contributed by atoms with E-state index >= 15 is 0 Å². The molecule has 2 fully saturated rings. The molecule has 1 unspecified atom stereocenters. The Bertz CT molecular complexity index is 289. The van der Waals surface area contributed by atoms with E-state index in [0.29, 0.717) is 11.0 Å². The minimum atomic E-state index is 0.0918. The molecule has 0 spiro atoms. The lowest BCUT2D eigenvalue weighted by Crippen LogP contribution is -2.37. The van der Waals surface area contributed by atoms with E-state index in [-0.39, 0.29) is 12.3 Å². The maximum atomic E-state index is 11.8. The summed E-state index contributed by atoms with van der Waals surface area (Å²) in [6.07, 6.45) is 3.93. The molecule has 90 valence electrons. The Balaban J connectivity index is 1.82. The first-order chi connectivity index (χ1) is 7.66. The summed E-state index contributed by atoms with van der Waals surface area (Å²) in [6.45, 7) is 4.12. The Hall–Kier alpha value is -0.680. The predicted octanol–water partition coefficient (Wildman–Crippen LogP) is 0.359. The van der Waals surface area contributed by atoms with Crippen LogP contribution in [0.5, 0.6) is 0 Å². The number of hydrogen-bond acceptors (Lipinski definition) is 3. The summed E-state index contributed by atoms with van der Waals surface area (Å²) >= 11 is 4.76. The van der Waals surface area contributed by atoms with E-state index in [1.807, 2.05) is 4.90 Å². The van der Waals surface area contributed by atoms with Gasteiger partial charge >= 0.3 is 0 Å². The summed E-state index contributed by atoms with van der Waals surface area (Å²) in [5.74, 6) is 0.0918. The fraction of sp³-hybridized carbons (Fsp3) is 0.818. The summed E-state index contributed by atoms with van der Waals surface area (Å²) in [4.78, 5) is 16.5. The molecule has 2 rings (SSSR count). The molecule has 2 heterocycles. The van der Waals surface area contributed by atoms with Crippen LogP contribution in [0, 0.1) is 0 Å². The highest BCUT2D eigenvalue weighted by Gasteiger charge is 2.31. The summed E-state index contributed by atoms with van der Waals surface area (Å²) in [5.41, 5.74) is 5.39. The van der Waals surface area contributed by atoms with Crippen LogP contribution < -0.4 is 5.73 Å². The van der Waals surface area contributed by atoms with Crippen molar-refractivity contribution in [2.45, 2.75) is 31.7 Å². The lowest BCUT2D eigenvalue weighted by atomic mass is 10.2. The first kappa shape index (κ1) is 11.8. The second-order valence-electron chi connectivity index (χ2n) is 4.67. The highest BCUT2D eigenvalue weighted by Crippen LogP contribution is 2.20. The molecule has 2 saturated heterocycles. The summed E-state index contributed by atoms with van der Waals surface area (Å²) in [7, 11) is 0. The maximum absolute atomic E-state index is 11.8. The van der Waals surface area contributed by atoms with Gasteiger partial charge in [0.1, 0.15) is 0 Å². The molecule has 0 radical (unpaired) electrons. The molecule has 2 N–H and O–H groups in total. The predicted molar refractivity (Wildman–Crippen MR) is 67.2 cm³/mol. The largest absolute Gasteiger partial charge is 0.393 e. The Morgan fingerprint density at radius 1 is 1.31 bits per heavy atom. The van der Waals surface area contributed by atoms with Gasteiger partial charge in [-0.3, -0.25) is 9.69 Å². The third-order valence-electron chi connectivity index (χ3n) is 3.50. The SMILES string of the molecule is NC(=S)CC(=O)N1CCC(N2CCCC2)C1. The minimum absolute atomic E-state index is 0.0918. The quantitative estimate of drug-likeness (QED) is 0.725. The van der Waals surface area contributed by atoms with E-state index in [1.54, 1.807) is 0 Å². The molecular weight excluding hydrogens is 222 g/mol. The maximum Gasteiger partial charge on any atom is 0.229 e. The number of hydrogen-bond donors (Lipinski definition) is 1. The van der Waals surface area contributed by atoms with Gasteiger partial charge in [-0.05, 0) is 32.4 Å². The molecule has 0 aromatic rings. The third-order valence-corrected chi connectivity index (χ3v) is 3.64. The molecule has 2 aliphatic heterocycles. The first-order valence-electron chi connectivity index (χ1n) is 5.97. The van der Waals surface area contributed by atoms with Crippen molar-refractivity contribution < 1.29 is 4.79 Å². The number of carbonyl (C=O) groups is 1. The standard InChI is InChI=1S/C11H19N3OS/c12-10(16)7-11(15)14-6-3-9(8-14)13-4-1-2-5-13/h9H,1-8H2,(H2,12,16). The van der Waals surface area contributed by atoms with Crippen molar-refractivity contribution in [3.05, 3.63) is 0 Å². The van der Waals surface area contributed by atoms with E-state index in [0.717, 1.165) is 19.5 Å². The van der Waals surface area contributed by atoms with E-state index < -0.39 is 0 Å². The molecule has 16 heavy (non-hydrogen) atoms. The molecule has 1 amide bonds. The van der Waals surface area contributed by atoms with Crippen molar-refractivity contribution in [2.75, 3.05) is 26.2 Å². The van der Waals surface area contributed by atoms with Crippen LogP contribution in [0.4, 0.5) is 0 Å². The van der Waals surface area contributed by atoms with E-state index in [1.165, 1.54) is 25.9 Å². The zero-order chi connectivity index (χ0) is 11.5. The van der Waals surface area contributed by atoms with Crippen molar-refractivity contribution >= 4 is 23.1 Å². The Morgan fingerprint density at radius 2 is 2.00 bits per heavy atom. The van der Waals surface area contributed by atoms with Gasteiger partial charge in [0.15, 0.2) is 0 Å². The lowest BCUT2D eigenvalue weighted by Gasteiger charge is -2.23. The molecule has 0 saturated carbocycles. The second-order valence-corrected chi connectivity index (χ2v) is 5.19.